The lowest BCUT2D eigenvalue weighted by Gasteiger charge is -2.38. The van der Waals surface area contributed by atoms with E-state index in [2.05, 4.69) is 25.7 Å². The lowest BCUT2D eigenvalue weighted by atomic mass is 9.96. The Balaban J connectivity index is 2.31. The third-order valence-electron chi connectivity index (χ3n) is 3.88. The SMILES string of the molecule is COC(C)(C)CC(C)N1CCC(OCC(=O)O)CC1. The summed E-state index contributed by atoms with van der Waals surface area (Å²) in [7, 11) is 1.75. The molecular formula is C14H27NO4. The fourth-order valence-corrected chi connectivity index (χ4v) is 2.60. The first-order valence-electron chi connectivity index (χ1n) is 6.96. The predicted octanol–water partition coefficient (Wildman–Crippen LogP) is 1.76. The molecular weight excluding hydrogens is 246 g/mol. The van der Waals surface area contributed by atoms with Crippen LogP contribution in [0, 0.1) is 0 Å². The molecule has 0 amide bonds. The second kappa shape index (κ2) is 7.22. The van der Waals surface area contributed by atoms with E-state index in [1.165, 1.54) is 0 Å². The Morgan fingerprint density at radius 1 is 1.42 bits per heavy atom. The predicted molar refractivity (Wildman–Crippen MR) is 73.3 cm³/mol. The third kappa shape index (κ3) is 5.89. The van der Waals surface area contributed by atoms with Crippen molar-refractivity contribution in [2.75, 3.05) is 26.8 Å². The summed E-state index contributed by atoms with van der Waals surface area (Å²) in [5, 5.41) is 8.59. The highest BCUT2D eigenvalue weighted by molar-refractivity contribution is 5.68. The van der Waals surface area contributed by atoms with E-state index in [9.17, 15) is 4.79 Å². The number of carboxylic acid groups (broad SMARTS) is 1. The van der Waals surface area contributed by atoms with Crippen molar-refractivity contribution in [1.29, 1.82) is 0 Å². The average Bonchev–Trinajstić information content (AvgIpc) is 2.36. The summed E-state index contributed by atoms with van der Waals surface area (Å²) in [6, 6.07) is 0.468. The van der Waals surface area contributed by atoms with Crippen molar-refractivity contribution in [2.45, 2.75) is 57.8 Å². The number of carboxylic acids is 1. The summed E-state index contributed by atoms with van der Waals surface area (Å²) in [5.74, 6) is -0.891. The largest absolute Gasteiger partial charge is 0.480 e. The van der Waals surface area contributed by atoms with Gasteiger partial charge in [-0.15, -0.1) is 0 Å². The summed E-state index contributed by atoms with van der Waals surface area (Å²) < 4.78 is 10.8. The van der Waals surface area contributed by atoms with E-state index in [1.54, 1.807) is 7.11 Å². The smallest absolute Gasteiger partial charge is 0.329 e. The van der Waals surface area contributed by atoms with Gasteiger partial charge in [0, 0.05) is 26.2 Å². The van der Waals surface area contributed by atoms with Gasteiger partial charge in [-0.1, -0.05) is 0 Å². The van der Waals surface area contributed by atoms with Crippen molar-refractivity contribution < 1.29 is 19.4 Å². The molecule has 0 aromatic heterocycles. The Morgan fingerprint density at radius 3 is 2.47 bits per heavy atom. The van der Waals surface area contributed by atoms with E-state index in [-0.39, 0.29) is 18.3 Å². The molecule has 1 rings (SSSR count). The van der Waals surface area contributed by atoms with Crippen molar-refractivity contribution in [3.8, 4) is 0 Å². The Labute approximate surface area is 115 Å². The topological polar surface area (TPSA) is 59.0 Å². The minimum absolute atomic E-state index is 0.0926. The number of rotatable bonds is 7. The van der Waals surface area contributed by atoms with Gasteiger partial charge < -0.3 is 19.5 Å². The van der Waals surface area contributed by atoms with Gasteiger partial charge in [0.25, 0.3) is 0 Å². The van der Waals surface area contributed by atoms with Crippen LogP contribution in [0.1, 0.15) is 40.0 Å². The van der Waals surface area contributed by atoms with E-state index >= 15 is 0 Å². The summed E-state index contributed by atoms with van der Waals surface area (Å²) in [5.41, 5.74) is -0.101. The van der Waals surface area contributed by atoms with Crippen LogP contribution in [0.5, 0.6) is 0 Å². The Hall–Kier alpha value is -0.650. The van der Waals surface area contributed by atoms with Gasteiger partial charge in [0.15, 0.2) is 0 Å². The fraction of sp³-hybridized carbons (Fsp3) is 0.929. The molecule has 1 aliphatic heterocycles. The first-order chi connectivity index (χ1) is 8.84. The van der Waals surface area contributed by atoms with Crippen LogP contribution >= 0.6 is 0 Å². The summed E-state index contributed by atoms with van der Waals surface area (Å²) in [4.78, 5) is 12.9. The average molecular weight is 273 g/mol. The maximum atomic E-state index is 10.5. The maximum absolute atomic E-state index is 10.5. The van der Waals surface area contributed by atoms with E-state index < -0.39 is 5.97 Å². The second-order valence-electron chi connectivity index (χ2n) is 5.96. The highest BCUT2D eigenvalue weighted by atomic mass is 16.5. The number of aliphatic carboxylic acids is 1. The molecule has 1 heterocycles. The van der Waals surface area contributed by atoms with E-state index in [4.69, 9.17) is 14.6 Å². The van der Waals surface area contributed by atoms with Crippen LogP contribution in [0.25, 0.3) is 0 Å². The number of nitrogens with zero attached hydrogens (tertiary/aromatic N) is 1. The van der Waals surface area contributed by atoms with Gasteiger partial charge in [0.05, 0.1) is 11.7 Å². The lowest BCUT2D eigenvalue weighted by molar-refractivity contribution is -0.145. The number of carbonyl (C=O) groups is 1. The standard InChI is InChI=1S/C14H27NO4/c1-11(9-14(2,3)18-4)15-7-5-12(6-8-15)19-10-13(16)17/h11-12H,5-10H2,1-4H3,(H,16,17). The normalized spacial score (nSPS) is 20.4. The summed E-state index contributed by atoms with van der Waals surface area (Å²) >= 11 is 0. The highest BCUT2D eigenvalue weighted by Gasteiger charge is 2.27. The second-order valence-corrected chi connectivity index (χ2v) is 5.96. The number of ether oxygens (including phenoxy) is 2. The van der Waals surface area contributed by atoms with Crippen LogP contribution in [0.4, 0.5) is 0 Å². The van der Waals surface area contributed by atoms with Crippen LogP contribution in [0.15, 0.2) is 0 Å². The number of methoxy groups -OCH3 is 1. The van der Waals surface area contributed by atoms with Gasteiger partial charge >= 0.3 is 5.97 Å². The molecule has 19 heavy (non-hydrogen) atoms. The molecule has 0 aromatic rings. The van der Waals surface area contributed by atoms with Crippen molar-refractivity contribution in [2.24, 2.45) is 0 Å². The molecule has 0 radical (unpaired) electrons. The number of hydrogen-bond acceptors (Lipinski definition) is 4. The fourth-order valence-electron chi connectivity index (χ4n) is 2.60. The molecule has 1 aliphatic rings. The monoisotopic (exact) mass is 273 g/mol. The van der Waals surface area contributed by atoms with E-state index in [0.717, 1.165) is 32.4 Å². The molecule has 1 saturated heterocycles. The molecule has 1 fully saturated rings. The van der Waals surface area contributed by atoms with Crippen molar-refractivity contribution >= 4 is 5.97 Å². The maximum Gasteiger partial charge on any atom is 0.329 e. The quantitative estimate of drug-likeness (QED) is 0.766. The minimum Gasteiger partial charge on any atom is -0.480 e. The lowest BCUT2D eigenvalue weighted by Crippen LogP contribution is -2.45. The summed E-state index contributed by atoms with van der Waals surface area (Å²) in [6.07, 6.45) is 2.90. The highest BCUT2D eigenvalue weighted by Crippen LogP contribution is 2.22. The van der Waals surface area contributed by atoms with Crippen LogP contribution in [0.2, 0.25) is 0 Å². The van der Waals surface area contributed by atoms with Gasteiger partial charge in [-0.2, -0.15) is 0 Å². The first-order valence-corrected chi connectivity index (χ1v) is 6.96. The number of hydrogen-bond donors (Lipinski definition) is 1. The molecule has 0 aromatic carbocycles. The third-order valence-corrected chi connectivity index (χ3v) is 3.88. The van der Waals surface area contributed by atoms with E-state index in [1.807, 2.05) is 0 Å². The van der Waals surface area contributed by atoms with E-state index in [0.29, 0.717) is 6.04 Å². The number of piperidine rings is 1. The van der Waals surface area contributed by atoms with Gasteiger partial charge in [-0.25, -0.2) is 4.79 Å². The Morgan fingerprint density at radius 2 is 2.00 bits per heavy atom. The van der Waals surface area contributed by atoms with Crippen molar-refractivity contribution in [3.05, 3.63) is 0 Å². The first kappa shape index (κ1) is 16.4. The van der Waals surface area contributed by atoms with Crippen LogP contribution in [-0.4, -0.2) is 60.5 Å². The van der Waals surface area contributed by atoms with Gasteiger partial charge in [0.2, 0.25) is 0 Å². The minimum atomic E-state index is -0.891. The molecule has 0 aliphatic carbocycles. The molecule has 1 unspecified atom stereocenters. The van der Waals surface area contributed by atoms with Crippen LogP contribution < -0.4 is 0 Å². The molecule has 5 nitrogen and oxygen atoms in total. The Bertz CT molecular complexity index is 285. The molecule has 0 spiro atoms. The molecule has 0 saturated carbocycles. The van der Waals surface area contributed by atoms with Gasteiger partial charge in [0.1, 0.15) is 6.61 Å². The zero-order chi connectivity index (χ0) is 14.5. The Kier molecular flexibility index (Phi) is 6.23. The zero-order valence-corrected chi connectivity index (χ0v) is 12.5. The van der Waals surface area contributed by atoms with Gasteiger partial charge in [-0.05, 0) is 40.0 Å². The zero-order valence-electron chi connectivity index (χ0n) is 12.5. The molecule has 1 atom stereocenters. The van der Waals surface area contributed by atoms with Crippen LogP contribution in [0.3, 0.4) is 0 Å². The molecule has 0 bridgehead atoms. The van der Waals surface area contributed by atoms with Crippen LogP contribution in [-0.2, 0) is 14.3 Å². The summed E-state index contributed by atoms with van der Waals surface area (Å²) in [6.45, 7) is 8.17. The van der Waals surface area contributed by atoms with Crippen molar-refractivity contribution in [1.82, 2.24) is 4.90 Å². The van der Waals surface area contributed by atoms with Gasteiger partial charge in [-0.3, -0.25) is 0 Å². The number of likely N-dealkylation sites (tertiary alicyclic amines) is 1. The molecule has 1 N–H and O–H groups in total. The molecule has 112 valence electrons. The van der Waals surface area contributed by atoms with Crippen molar-refractivity contribution in [3.63, 3.8) is 0 Å². The molecule has 5 heteroatoms.